The molecule has 0 fully saturated rings. The van der Waals surface area contributed by atoms with Crippen molar-refractivity contribution in [3.8, 4) is 0 Å². The summed E-state index contributed by atoms with van der Waals surface area (Å²) in [5.74, 6) is -0.549. The van der Waals surface area contributed by atoms with Gasteiger partial charge in [0.2, 0.25) is 0 Å². The molecular formula is C10H13F2N3O2. The Kier molecular flexibility index (Phi) is 4.19. The second-order valence-electron chi connectivity index (χ2n) is 3.40. The largest absolute Gasteiger partial charge is 0.465 e. The Bertz CT molecular complexity index is 413. The Morgan fingerprint density at radius 1 is 1.65 bits per heavy atom. The molecule has 0 spiro atoms. The van der Waals surface area contributed by atoms with Crippen LogP contribution < -0.4 is 10.6 Å². The zero-order valence-electron chi connectivity index (χ0n) is 9.48. The van der Waals surface area contributed by atoms with E-state index in [-0.39, 0.29) is 17.1 Å². The van der Waals surface area contributed by atoms with Crippen molar-refractivity contribution < 1.29 is 18.3 Å². The summed E-state index contributed by atoms with van der Waals surface area (Å²) in [4.78, 5) is 16.5. The molecule has 0 aliphatic rings. The van der Waals surface area contributed by atoms with Crippen LogP contribution in [0.4, 0.5) is 20.3 Å². The summed E-state index contributed by atoms with van der Waals surface area (Å²) in [6, 6.07) is 1.34. The Hall–Kier alpha value is -1.92. The first-order valence-corrected chi connectivity index (χ1v) is 4.78. The van der Waals surface area contributed by atoms with Gasteiger partial charge in [-0.3, -0.25) is 0 Å². The molecule has 0 atom stereocenters. The standard InChI is InChI=1S/C10H13F2N3O2/c1-15(5-8(11)12)9-7(10(16)17-2)3-6(13)4-14-9/h3-4,8H,5,13H2,1-2H3. The van der Waals surface area contributed by atoms with Crippen molar-refractivity contribution in [1.82, 2.24) is 4.98 Å². The highest BCUT2D eigenvalue weighted by molar-refractivity contribution is 5.95. The number of aromatic nitrogens is 1. The molecular weight excluding hydrogens is 232 g/mol. The van der Waals surface area contributed by atoms with Gasteiger partial charge < -0.3 is 15.4 Å². The van der Waals surface area contributed by atoms with Gasteiger partial charge in [0.1, 0.15) is 11.4 Å². The number of carbonyl (C=O) groups excluding carboxylic acids is 1. The molecule has 0 radical (unpaired) electrons. The maximum atomic E-state index is 12.3. The Morgan fingerprint density at radius 2 is 2.29 bits per heavy atom. The van der Waals surface area contributed by atoms with E-state index in [0.29, 0.717) is 0 Å². The number of anilines is 2. The third-order valence-corrected chi connectivity index (χ3v) is 2.07. The molecule has 2 N–H and O–H groups in total. The number of rotatable bonds is 4. The van der Waals surface area contributed by atoms with Crippen molar-refractivity contribution in [1.29, 1.82) is 0 Å². The zero-order chi connectivity index (χ0) is 13.0. The van der Waals surface area contributed by atoms with E-state index in [1.54, 1.807) is 0 Å². The Balaban J connectivity index is 3.09. The lowest BCUT2D eigenvalue weighted by Crippen LogP contribution is -2.27. The highest BCUT2D eigenvalue weighted by atomic mass is 19.3. The maximum Gasteiger partial charge on any atom is 0.341 e. The van der Waals surface area contributed by atoms with Gasteiger partial charge in [0.05, 0.1) is 25.5 Å². The number of methoxy groups -OCH3 is 1. The SMILES string of the molecule is COC(=O)c1cc(N)cnc1N(C)CC(F)F. The van der Waals surface area contributed by atoms with Crippen LogP contribution in [0.1, 0.15) is 10.4 Å². The molecule has 0 saturated carbocycles. The molecule has 1 rings (SSSR count). The number of alkyl halides is 2. The van der Waals surface area contributed by atoms with E-state index < -0.39 is 18.9 Å². The molecule has 94 valence electrons. The number of pyridine rings is 1. The second-order valence-corrected chi connectivity index (χ2v) is 3.40. The molecule has 0 bridgehead atoms. The number of hydrogen-bond donors (Lipinski definition) is 1. The van der Waals surface area contributed by atoms with Gasteiger partial charge in [0.25, 0.3) is 6.43 Å². The van der Waals surface area contributed by atoms with Gasteiger partial charge in [-0.25, -0.2) is 18.6 Å². The van der Waals surface area contributed by atoms with Crippen LogP contribution in [0.3, 0.4) is 0 Å². The number of carbonyl (C=O) groups is 1. The molecule has 0 amide bonds. The first-order chi connectivity index (χ1) is 7.95. The van der Waals surface area contributed by atoms with Crippen molar-refractivity contribution in [2.24, 2.45) is 0 Å². The highest BCUT2D eigenvalue weighted by Gasteiger charge is 2.19. The molecule has 5 nitrogen and oxygen atoms in total. The molecule has 1 aromatic rings. The van der Waals surface area contributed by atoms with E-state index >= 15 is 0 Å². The average Bonchev–Trinajstić information content (AvgIpc) is 2.26. The van der Waals surface area contributed by atoms with Crippen LogP contribution in [0, 0.1) is 0 Å². The van der Waals surface area contributed by atoms with E-state index in [9.17, 15) is 13.6 Å². The van der Waals surface area contributed by atoms with Gasteiger partial charge in [-0.1, -0.05) is 0 Å². The minimum Gasteiger partial charge on any atom is -0.465 e. The van der Waals surface area contributed by atoms with Crippen LogP contribution in [-0.4, -0.2) is 38.1 Å². The molecule has 0 unspecified atom stereocenters. The fraction of sp³-hybridized carbons (Fsp3) is 0.400. The van der Waals surface area contributed by atoms with Crippen molar-refractivity contribution in [2.75, 3.05) is 31.3 Å². The second kappa shape index (κ2) is 5.42. The van der Waals surface area contributed by atoms with E-state index in [0.717, 1.165) is 0 Å². The smallest absolute Gasteiger partial charge is 0.341 e. The number of hydrogen-bond acceptors (Lipinski definition) is 5. The Morgan fingerprint density at radius 3 is 2.82 bits per heavy atom. The summed E-state index contributed by atoms with van der Waals surface area (Å²) < 4.78 is 29.0. The fourth-order valence-electron chi connectivity index (χ4n) is 1.33. The first-order valence-electron chi connectivity index (χ1n) is 4.78. The van der Waals surface area contributed by atoms with Crippen LogP contribution in [0.15, 0.2) is 12.3 Å². The van der Waals surface area contributed by atoms with Crippen LogP contribution in [-0.2, 0) is 4.74 Å². The molecule has 0 aliphatic carbocycles. The number of halogens is 2. The third kappa shape index (κ3) is 3.27. The zero-order valence-corrected chi connectivity index (χ0v) is 9.48. The van der Waals surface area contributed by atoms with Gasteiger partial charge in [-0.2, -0.15) is 0 Å². The van der Waals surface area contributed by atoms with Crippen molar-refractivity contribution in [3.05, 3.63) is 17.8 Å². The monoisotopic (exact) mass is 245 g/mol. The Labute approximate surface area is 97.2 Å². The molecule has 1 aromatic heterocycles. The number of esters is 1. The van der Waals surface area contributed by atoms with Crippen LogP contribution in [0.2, 0.25) is 0 Å². The van der Waals surface area contributed by atoms with Gasteiger partial charge in [-0.15, -0.1) is 0 Å². The van der Waals surface area contributed by atoms with Crippen molar-refractivity contribution in [3.63, 3.8) is 0 Å². The summed E-state index contributed by atoms with van der Waals surface area (Å²) in [7, 11) is 2.61. The highest BCUT2D eigenvalue weighted by Crippen LogP contribution is 2.20. The molecule has 0 aliphatic heterocycles. The van der Waals surface area contributed by atoms with E-state index in [2.05, 4.69) is 9.72 Å². The van der Waals surface area contributed by atoms with Crippen molar-refractivity contribution >= 4 is 17.5 Å². The predicted molar refractivity (Wildman–Crippen MR) is 59.3 cm³/mol. The lowest BCUT2D eigenvalue weighted by Gasteiger charge is -2.19. The quantitative estimate of drug-likeness (QED) is 0.806. The number of ether oxygens (including phenoxy) is 1. The summed E-state index contributed by atoms with van der Waals surface area (Å²) in [6.45, 7) is -0.527. The minimum absolute atomic E-state index is 0.0654. The van der Waals surface area contributed by atoms with Gasteiger partial charge in [-0.05, 0) is 6.07 Å². The van der Waals surface area contributed by atoms with Crippen LogP contribution in [0.25, 0.3) is 0 Å². The van der Waals surface area contributed by atoms with Crippen LogP contribution >= 0.6 is 0 Å². The predicted octanol–water partition coefficient (Wildman–Crippen LogP) is 1.15. The summed E-state index contributed by atoms with van der Waals surface area (Å²) in [5.41, 5.74) is 5.81. The lowest BCUT2D eigenvalue weighted by molar-refractivity contribution is 0.0600. The van der Waals surface area contributed by atoms with E-state index in [4.69, 9.17) is 5.73 Å². The van der Waals surface area contributed by atoms with Gasteiger partial charge in [0, 0.05) is 7.05 Å². The number of nitrogen functional groups attached to an aromatic ring is 1. The third-order valence-electron chi connectivity index (χ3n) is 2.07. The fourth-order valence-corrected chi connectivity index (χ4v) is 1.33. The van der Waals surface area contributed by atoms with Gasteiger partial charge in [0.15, 0.2) is 0 Å². The molecule has 7 heteroatoms. The van der Waals surface area contributed by atoms with Crippen LogP contribution in [0.5, 0.6) is 0 Å². The maximum absolute atomic E-state index is 12.3. The lowest BCUT2D eigenvalue weighted by atomic mass is 10.2. The molecule has 17 heavy (non-hydrogen) atoms. The van der Waals surface area contributed by atoms with Crippen molar-refractivity contribution in [2.45, 2.75) is 6.43 Å². The molecule has 1 heterocycles. The summed E-state index contributed by atoms with van der Waals surface area (Å²) in [6.07, 6.45) is -1.23. The van der Waals surface area contributed by atoms with Gasteiger partial charge >= 0.3 is 5.97 Å². The summed E-state index contributed by atoms with van der Waals surface area (Å²) >= 11 is 0. The first kappa shape index (κ1) is 13.1. The number of nitrogens with zero attached hydrogens (tertiary/aromatic N) is 2. The molecule has 0 aromatic carbocycles. The normalized spacial score (nSPS) is 10.4. The topological polar surface area (TPSA) is 68.5 Å². The van der Waals surface area contributed by atoms with E-state index in [1.807, 2.05) is 0 Å². The van der Waals surface area contributed by atoms with E-state index in [1.165, 1.54) is 31.3 Å². The number of nitrogens with two attached hydrogens (primary N) is 1. The average molecular weight is 245 g/mol. The summed E-state index contributed by atoms with van der Waals surface area (Å²) in [5, 5.41) is 0. The molecule has 0 saturated heterocycles. The minimum atomic E-state index is -2.52.